The van der Waals surface area contributed by atoms with Gasteiger partial charge in [0, 0.05) is 6.61 Å². The minimum Gasteiger partial charge on any atom is -0.504 e. The molecule has 0 radical (unpaired) electrons. The molecule has 0 aliphatic heterocycles. The molecule has 0 saturated carbocycles. The molecule has 6 heteroatoms. The molecule has 170 valence electrons. The number of hydrogen-bond acceptors (Lipinski definition) is 6. The van der Waals surface area contributed by atoms with Gasteiger partial charge >= 0.3 is 0 Å². The predicted octanol–water partition coefficient (Wildman–Crippen LogP) is 5.47. The van der Waals surface area contributed by atoms with Crippen LogP contribution in [0.3, 0.4) is 0 Å². The molecule has 2 aromatic carbocycles. The average Bonchev–Trinajstić information content (AvgIpc) is 2.78. The highest BCUT2D eigenvalue weighted by atomic mass is 16.6. The van der Waals surface area contributed by atoms with Gasteiger partial charge in [0.25, 0.3) is 0 Å². The zero-order valence-corrected chi connectivity index (χ0v) is 19.1. The molecule has 2 atom stereocenters. The van der Waals surface area contributed by atoms with Crippen molar-refractivity contribution in [1.82, 2.24) is 0 Å². The van der Waals surface area contributed by atoms with Crippen LogP contribution in [-0.2, 0) is 11.2 Å². The summed E-state index contributed by atoms with van der Waals surface area (Å²) in [6.07, 6.45) is 3.71. The lowest BCUT2D eigenvalue weighted by molar-refractivity contribution is -0.0230. The summed E-state index contributed by atoms with van der Waals surface area (Å²) in [5.41, 5.74) is 1.86. The van der Waals surface area contributed by atoms with Crippen LogP contribution in [0, 0.1) is 0 Å². The van der Waals surface area contributed by atoms with Crippen LogP contribution in [0.1, 0.15) is 43.9 Å². The highest BCUT2D eigenvalue weighted by Gasteiger charge is 2.26. The second kappa shape index (κ2) is 12.1. The first-order valence-electron chi connectivity index (χ1n) is 10.5. The van der Waals surface area contributed by atoms with Gasteiger partial charge in [-0.05, 0) is 55.2 Å². The molecule has 2 aromatic rings. The molecule has 0 aliphatic carbocycles. The van der Waals surface area contributed by atoms with Crippen molar-refractivity contribution in [2.75, 3.05) is 27.9 Å². The van der Waals surface area contributed by atoms with Gasteiger partial charge in [0.1, 0.15) is 12.2 Å². The zero-order valence-electron chi connectivity index (χ0n) is 19.1. The highest BCUT2D eigenvalue weighted by molar-refractivity contribution is 5.54. The van der Waals surface area contributed by atoms with Crippen LogP contribution in [-0.4, -0.2) is 39.1 Å². The van der Waals surface area contributed by atoms with Crippen molar-refractivity contribution in [1.29, 1.82) is 0 Å². The number of allylic oxidation sites excluding steroid dienone is 1. The van der Waals surface area contributed by atoms with E-state index in [1.165, 1.54) is 7.11 Å². The summed E-state index contributed by atoms with van der Waals surface area (Å²) in [5, 5.41) is 9.97. The van der Waals surface area contributed by atoms with E-state index in [-0.39, 0.29) is 18.0 Å². The van der Waals surface area contributed by atoms with Gasteiger partial charge in [-0.15, -0.1) is 6.58 Å². The van der Waals surface area contributed by atoms with E-state index in [0.29, 0.717) is 36.0 Å². The number of hydrogen-bond donors (Lipinski definition) is 1. The van der Waals surface area contributed by atoms with Gasteiger partial charge in [0.05, 0.1) is 21.3 Å². The highest BCUT2D eigenvalue weighted by Crippen LogP contribution is 2.41. The Hall–Kier alpha value is -2.86. The standard InChI is InChI=1S/C25H34O6/c1-7-9-13-30-24(19-11-12-20(26)21(16-19)27-4)17(3)31-25-22(28-5)14-18(10-8-2)15-23(25)29-6/h8,11-12,14-17,24,26H,2,7,9-10,13H2,1,3-6H3. The number of methoxy groups -OCH3 is 3. The van der Waals surface area contributed by atoms with Crippen LogP contribution in [0.4, 0.5) is 0 Å². The minimum atomic E-state index is -0.386. The summed E-state index contributed by atoms with van der Waals surface area (Å²) < 4.78 is 29.0. The molecule has 0 fully saturated rings. The van der Waals surface area contributed by atoms with Gasteiger partial charge < -0.3 is 28.8 Å². The van der Waals surface area contributed by atoms with Crippen molar-refractivity contribution in [3.8, 4) is 28.7 Å². The number of rotatable bonds is 13. The van der Waals surface area contributed by atoms with Crippen LogP contribution >= 0.6 is 0 Å². The van der Waals surface area contributed by atoms with Crippen LogP contribution in [0.2, 0.25) is 0 Å². The van der Waals surface area contributed by atoms with Crippen molar-refractivity contribution < 1.29 is 28.8 Å². The van der Waals surface area contributed by atoms with Crippen molar-refractivity contribution in [3.63, 3.8) is 0 Å². The van der Waals surface area contributed by atoms with Crippen LogP contribution < -0.4 is 18.9 Å². The van der Waals surface area contributed by atoms with Crippen molar-refractivity contribution >= 4 is 0 Å². The van der Waals surface area contributed by atoms with Gasteiger partial charge in [0.15, 0.2) is 23.0 Å². The first-order valence-corrected chi connectivity index (χ1v) is 10.5. The van der Waals surface area contributed by atoms with E-state index in [1.54, 1.807) is 26.4 Å². The number of phenolic OH excluding ortho intramolecular Hbond substituents is 1. The molecule has 2 rings (SSSR count). The van der Waals surface area contributed by atoms with Crippen LogP contribution in [0.15, 0.2) is 43.0 Å². The van der Waals surface area contributed by atoms with E-state index in [4.69, 9.17) is 23.7 Å². The molecule has 0 bridgehead atoms. The summed E-state index contributed by atoms with van der Waals surface area (Å²) in [7, 11) is 4.72. The van der Waals surface area contributed by atoms with E-state index in [9.17, 15) is 5.11 Å². The second-order valence-electron chi connectivity index (χ2n) is 7.22. The van der Waals surface area contributed by atoms with Crippen molar-refractivity contribution in [2.45, 2.75) is 45.3 Å². The van der Waals surface area contributed by atoms with Gasteiger partial charge in [-0.1, -0.05) is 25.5 Å². The Kier molecular flexibility index (Phi) is 9.53. The molecular formula is C25H34O6. The van der Waals surface area contributed by atoms with Gasteiger partial charge in [-0.2, -0.15) is 0 Å². The molecular weight excluding hydrogens is 396 g/mol. The molecule has 2 unspecified atom stereocenters. The maximum absolute atomic E-state index is 9.97. The number of benzene rings is 2. The Morgan fingerprint density at radius 1 is 1.00 bits per heavy atom. The summed E-state index contributed by atoms with van der Waals surface area (Å²) >= 11 is 0. The first-order chi connectivity index (χ1) is 15.0. The largest absolute Gasteiger partial charge is 0.504 e. The van der Waals surface area contributed by atoms with Crippen molar-refractivity contribution in [2.24, 2.45) is 0 Å². The monoisotopic (exact) mass is 430 g/mol. The Morgan fingerprint density at radius 3 is 2.19 bits per heavy atom. The molecule has 1 N–H and O–H groups in total. The van der Waals surface area contributed by atoms with Gasteiger partial charge in [-0.25, -0.2) is 0 Å². The predicted molar refractivity (Wildman–Crippen MR) is 122 cm³/mol. The summed E-state index contributed by atoms with van der Waals surface area (Å²) in [6.45, 7) is 8.43. The normalized spacial score (nSPS) is 12.7. The fourth-order valence-corrected chi connectivity index (χ4v) is 3.31. The van der Waals surface area contributed by atoms with E-state index < -0.39 is 0 Å². The van der Waals surface area contributed by atoms with E-state index >= 15 is 0 Å². The number of aromatic hydroxyl groups is 1. The van der Waals surface area contributed by atoms with Crippen LogP contribution in [0.25, 0.3) is 0 Å². The van der Waals surface area contributed by atoms with E-state index in [0.717, 1.165) is 24.0 Å². The zero-order chi connectivity index (χ0) is 22.8. The fraction of sp³-hybridized carbons (Fsp3) is 0.440. The molecule has 0 spiro atoms. The molecule has 0 aliphatic rings. The lowest BCUT2D eigenvalue weighted by atomic mass is 10.0. The Morgan fingerprint density at radius 2 is 1.65 bits per heavy atom. The Balaban J connectivity index is 2.39. The maximum atomic E-state index is 9.97. The van der Waals surface area contributed by atoms with Crippen LogP contribution in [0.5, 0.6) is 28.7 Å². The fourth-order valence-electron chi connectivity index (χ4n) is 3.31. The Bertz CT molecular complexity index is 823. The lowest BCUT2D eigenvalue weighted by Crippen LogP contribution is -2.25. The van der Waals surface area contributed by atoms with E-state index in [2.05, 4.69) is 13.5 Å². The lowest BCUT2D eigenvalue weighted by Gasteiger charge is -2.27. The quantitative estimate of drug-likeness (QED) is 0.336. The molecule has 0 amide bonds. The van der Waals surface area contributed by atoms with E-state index in [1.807, 2.05) is 31.2 Å². The molecule has 0 aromatic heterocycles. The molecule has 0 saturated heterocycles. The summed E-state index contributed by atoms with van der Waals surface area (Å²) in [5.74, 6) is 2.14. The summed E-state index contributed by atoms with van der Waals surface area (Å²) in [6, 6.07) is 9.03. The number of phenols is 1. The molecule has 31 heavy (non-hydrogen) atoms. The number of unbranched alkanes of at least 4 members (excludes halogenated alkanes) is 1. The second-order valence-corrected chi connectivity index (χ2v) is 7.22. The van der Waals surface area contributed by atoms with Crippen molar-refractivity contribution in [3.05, 3.63) is 54.1 Å². The first kappa shape index (κ1) is 24.4. The van der Waals surface area contributed by atoms with Gasteiger partial charge in [-0.3, -0.25) is 0 Å². The Labute approximate surface area is 185 Å². The summed E-state index contributed by atoms with van der Waals surface area (Å²) in [4.78, 5) is 0. The number of ether oxygens (including phenoxy) is 5. The maximum Gasteiger partial charge on any atom is 0.203 e. The topological polar surface area (TPSA) is 66.4 Å². The molecule has 0 heterocycles. The third kappa shape index (κ3) is 6.31. The third-order valence-corrected chi connectivity index (χ3v) is 4.96. The average molecular weight is 431 g/mol. The molecule has 6 nitrogen and oxygen atoms in total. The third-order valence-electron chi connectivity index (χ3n) is 4.96. The SMILES string of the molecule is C=CCc1cc(OC)c(OC(C)C(OCCCC)c2ccc(O)c(OC)c2)c(OC)c1. The van der Waals surface area contributed by atoms with Gasteiger partial charge in [0.2, 0.25) is 5.75 Å². The smallest absolute Gasteiger partial charge is 0.203 e. The minimum absolute atomic E-state index is 0.0771.